The Morgan fingerprint density at radius 2 is 2.35 bits per heavy atom. The Morgan fingerprint density at radius 1 is 1.60 bits per heavy atom. The van der Waals surface area contributed by atoms with Crippen LogP contribution < -0.4 is 5.32 Å². The minimum Gasteiger partial charge on any atom is -0.423 e. The van der Waals surface area contributed by atoms with Crippen LogP contribution in [0.5, 0.6) is 0 Å². The Labute approximate surface area is 119 Å². The number of aliphatic hydroxyl groups excluding tert-OH is 1. The number of nitro benzene ring substituents is 1. The van der Waals surface area contributed by atoms with Crippen LogP contribution in [-0.2, 0) is 0 Å². The number of rotatable bonds is 6. The van der Waals surface area contributed by atoms with E-state index in [2.05, 4.69) is 10.3 Å². The van der Waals surface area contributed by atoms with Gasteiger partial charge in [0.1, 0.15) is 0 Å². The molecule has 2 atom stereocenters. The monoisotopic (exact) mass is 297 g/mol. The highest BCUT2D eigenvalue weighted by Gasteiger charge is 2.20. The summed E-state index contributed by atoms with van der Waals surface area (Å²) in [5, 5.41) is 23.1. The predicted octanol–water partition coefficient (Wildman–Crippen LogP) is 2.26. The van der Waals surface area contributed by atoms with Crippen LogP contribution in [0.1, 0.15) is 6.92 Å². The van der Waals surface area contributed by atoms with Crippen LogP contribution in [0, 0.1) is 10.1 Å². The highest BCUT2D eigenvalue weighted by molar-refractivity contribution is 7.99. The number of anilines is 1. The normalized spacial score (nSPS) is 14.2. The fourth-order valence-corrected chi connectivity index (χ4v) is 2.49. The third kappa shape index (κ3) is 2.86. The van der Waals surface area contributed by atoms with Crippen molar-refractivity contribution < 1.29 is 14.4 Å². The van der Waals surface area contributed by atoms with E-state index in [9.17, 15) is 15.2 Å². The van der Waals surface area contributed by atoms with Crippen molar-refractivity contribution >= 4 is 34.6 Å². The predicted molar refractivity (Wildman–Crippen MR) is 78.1 cm³/mol. The topological polar surface area (TPSA) is 101 Å². The number of hydrogen-bond donors (Lipinski definition) is 2. The van der Waals surface area contributed by atoms with E-state index in [4.69, 9.17) is 4.42 Å². The minimum absolute atomic E-state index is 0.0139. The lowest BCUT2D eigenvalue weighted by Gasteiger charge is -2.19. The zero-order chi connectivity index (χ0) is 14.7. The molecule has 2 N–H and O–H groups in total. The van der Waals surface area contributed by atoms with Crippen LogP contribution in [0.15, 0.2) is 22.6 Å². The molecule has 7 nitrogen and oxygen atoms in total. The lowest BCUT2D eigenvalue weighted by Crippen LogP contribution is -2.31. The summed E-state index contributed by atoms with van der Waals surface area (Å²) in [6, 6.07) is 4.70. The Kier molecular flexibility index (Phi) is 4.46. The van der Waals surface area contributed by atoms with Gasteiger partial charge in [-0.25, -0.2) is 0 Å². The highest BCUT2D eigenvalue weighted by atomic mass is 32.2. The summed E-state index contributed by atoms with van der Waals surface area (Å²) in [5.41, 5.74) is 0.492. The zero-order valence-electron chi connectivity index (χ0n) is 11.1. The van der Waals surface area contributed by atoms with Gasteiger partial charge in [-0.05, 0) is 19.2 Å². The lowest BCUT2D eigenvalue weighted by atomic mass is 10.2. The molecule has 0 amide bonds. The van der Waals surface area contributed by atoms with Crippen molar-refractivity contribution in [1.82, 2.24) is 4.98 Å². The van der Waals surface area contributed by atoms with E-state index in [1.54, 1.807) is 12.1 Å². The van der Waals surface area contributed by atoms with E-state index in [1.165, 1.54) is 17.8 Å². The molecule has 2 aromatic rings. The standard InChI is InChI=1S/C12H15N3O4S/c1-7(10(6-16)20-2)13-12-14-11-8(15(17)18)4-3-5-9(11)19-12/h3-5,7,10,16H,6H2,1-2H3,(H,13,14). The summed E-state index contributed by atoms with van der Waals surface area (Å²) in [7, 11) is 0. The molecule has 1 heterocycles. The van der Waals surface area contributed by atoms with Gasteiger partial charge in [0.25, 0.3) is 11.7 Å². The fourth-order valence-electron chi connectivity index (χ4n) is 1.87. The van der Waals surface area contributed by atoms with E-state index in [0.29, 0.717) is 5.58 Å². The van der Waals surface area contributed by atoms with Crippen LogP contribution in [0.3, 0.4) is 0 Å². The van der Waals surface area contributed by atoms with Gasteiger partial charge in [-0.2, -0.15) is 16.7 Å². The molecule has 0 spiro atoms. The number of non-ortho nitro benzene ring substituents is 1. The third-order valence-corrected chi connectivity index (χ3v) is 4.15. The van der Waals surface area contributed by atoms with Gasteiger partial charge in [-0.3, -0.25) is 10.1 Å². The quantitative estimate of drug-likeness (QED) is 0.623. The Bertz CT molecular complexity index is 612. The first-order valence-corrected chi connectivity index (χ1v) is 7.29. The second-order valence-electron chi connectivity index (χ2n) is 4.29. The second kappa shape index (κ2) is 6.10. The number of thioether (sulfide) groups is 1. The van der Waals surface area contributed by atoms with Gasteiger partial charge in [-0.1, -0.05) is 6.07 Å². The molecular weight excluding hydrogens is 282 g/mol. The number of para-hydroxylation sites is 1. The molecule has 8 heteroatoms. The molecule has 0 aliphatic heterocycles. The molecule has 0 bridgehead atoms. The van der Waals surface area contributed by atoms with Crippen LogP contribution in [0.25, 0.3) is 11.1 Å². The number of aliphatic hydroxyl groups is 1. The van der Waals surface area contributed by atoms with Crippen molar-refractivity contribution in [2.75, 3.05) is 18.2 Å². The number of hydrogen-bond acceptors (Lipinski definition) is 7. The fraction of sp³-hybridized carbons (Fsp3) is 0.417. The molecule has 20 heavy (non-hydrogen) atoms. The van der Waals surface area contributed by atoms with Crippen molar-refractivity contribution in [3.8, 4) is 0 Å². The number of oxazole rings is 1. The zero-order valence-corrected chi connectivity index (χ0v) is 11.9. The van der Waals surface area contributed by atoms with Crippen LogP contribution in [0.4, 0.5) is 11.7 Å². The van der Waals surface area contributed by atoms with Crippen LogP contribution >= 0.6 is 11.8 Å². The maximum Gasteiger partial charge on any atom is 0.298 e. The minimum atomic E-state index is -0.490. The summed E-state index contributed by atoms with van der Waals surface area (Å²) >= 11 is 1.52. The van der Waals surface area contributed by atoms with E-state index < -0.39 is 4.92 Å². The van der Waals surface area contributed by atoms with Crippen LogP contribution in [-0.4, -0.2) is 39.2 Å². The van der Waals surface area contributed by atoms with Gasteiger partial charge in [0, 0.05) is 17.4 Å². The first-order chi connectivity index (χ1) is 9.56. The Morgan fingerprint density at radius 3 is 2.95 bits per heavy atom. The molecule has 0 saturated carbocycles. The molecule has 1 aromatic carbocycles. The van der Waals surface area contributed by atoms with Crippen molar-refractivity contribution in [3.63, 3.8) is 0 Å². The van der Waals surface area contributed by atoms with E-state index in [-0.39, 0.29) is 35.1 Å². The van der Waals surface area contributed by atoms with Gasteiger partial charge in [-0.15, -0.1) is 0 Å². The Hall–Kier alpha value is -1.80. The SMILES string of the molecule is CSC(CO)C(C)Nc1nc2c([N+](=O)[O-])cccc2o1. The van der Waals surface area contributed by atoms with Crippen molar-refractivity contribution in [2.24, 2.45) is 0 Å². The van der Waals surface area contributed by atoms with Gasteiger partial charge < -0.3 is 14.8 Å². The van der Waals surface area contributed by atoms with Gasteiger partial charge in [0.2, 0.25) is 0 Å². The van der Waals surface area contributed by atoms with Crippen molar-refractivity contribution in [3.05, 3.63) is 28.3 Å². The lowest BCUT2D eigenvalue weighted by molar-refractivity contribution is -0.383. The number of aromatic nitrogens is 1. The first kappa shape index (κ1) is 14.6. The largest absolute Gasteiger partial charge is 0.423 e. The number of nitro groups is 1. The molecule has 2 unspecified atom stereocenters. The summed E-state index contributed by atoms with van der Waals surface area (Å²) in [6.45, 7) is 1.91. The molecular formula is C12H15N3O4S. The number of fused-ring (bicyclic) bond motifs is 1. The molecule has 0 radical (unpaired) electrons. The molecule has 1 aromatic heterocycles. The van der Waals surface area contributed by atoms with Gasteiger partial charge in [0.05, 0.1) is 11.5 Å². The van der Waals surface area contributed by atoms with Crippen molar-refractivity contribution in [1.29, 1.82) is 0 Å². The Balaban J connectivity index is 2.28. The van der Waals surface area contributed by atoms with Gasteiger partial charge in [0.15, 0.2) is 11.1 Å². The van der Waals surface area contributed by atoms with E-state index in [0.717, 1.165) is 0 Å². The van der Waals surface area contributed by atoms with Crippen LogP contribution in [0.2, 0.25) is 0 Å². The number of nitrogens with zero attached hydrogens (tertiary/aromatic N) is 2. The smallest absolute Gasteiger partial charge is 0.298 e. The molecule has 0 fully saturated rings. The summed E-state index contributed by atoms with van der Waals surface area (Å²) in [6.07, 6.45) is 1.90. The average Bonchev–Trinajstić information content (AvgIpc) is 2.81. The average molecular weight is 297 g/mol. The molecule has 2 rings (SSSR count). The number of nitrogens with one attached hydrogen (secondary N) is 1. The summed E-state index contributed by atoms with van der Waals surface area (Å²) in [4.78, 5) is 14.5. The second-order valence-corrected chi connectivity index (χ2v) is 5.37. The maximum atomic E-state index is 10.9. The molecule has 0 saturated heterocycles. The third-order valence-electron chi connectivity index (χ3n) is 2.99. The van der Waals surface area contributed by atoms with Crippen molar-refractivity contribution in [2.45, 2.75) is 18.2 Å². The number of benzene rings is 1. The molecule has 0 aliphatic rings. The van der Waals surface area contributed by atoms with Gasteiger partial charge >= 0.3 is 0 Å². The van der Waals surface area contributed by atoms with E-state index in [1.807, 2.05) is 13.2 Å². The molecule has 0 aliphatic carbocycles. The van der Waals surface area contributed by atoms with E-state index >= 15 is 0 Å². The molecule has 108 valence electrons. The maximum absolute atomic E-state index is 10.9. The summed E-state index contributed by atoms with van der Waals surface area (Å²) < 4.78 is 5.45. The first-order valence-electron chi connectivity index (χ1n) is 6.01. The summed E-state index contributed by atoms with van der Waals surface area (Å²) in [5.74, 6) is 0. The highest BCUT2D eigenvalue weighted by Crippen LogP contribution is 2.28.